The Bertz CT molecular complexity index is 1600. The number of nitrogens with one attached hydrogen (secondary N) is 1. The fraction of sp³-hybridized carbons (Fsp3) is 0.357. The third kappa shape index (κ3) is 4.16. The van der Waals surface area contributed by atoms with Gasteiger partial charge in [0.15, 0.2) is 11.5 Å². The average Bonchev–Trinajstić information content (AvgIpc) is 3.71. The second-order valence-corrected chi connectivity index (χ2v) is 10.1. The fourth-order valence-electron chi connectivity index (χ4n) is 5.93. The second-order valence-electron chi connectivity index (χ2n) is 10.1. The van der Waals surface area contributed by atoms with Crippen molar-refractivity contribution in [2.75, 3.05) is 33.2 Å². The number of hydrogen-bond acceptors (Lipinski definition) is 8. The molecule has 206 valence electrons. The van der Waals surface area contributed by atoms with Crippen LogP contribution in [0.25, 0.3) is 10.9 Å². The summed E-state index contributed by atoms with van der Waals surface area (Å²) in [5, 5.41) is 18.2. The van der Waals surface area contributed by atoms with E-state index in [-0.39, 0.29) is 44.9 Å². The van der Waals surface area contributed by atoms with Crippen LogP contribution in [-0.2, 0) is 33.8 Å². The summed E-state index contributed by atoms with van der Waals surface area (Å²) in [6.07, 6.45) is 2.16. The number of hydrogen-bond donors (Lipinski definition) is 2. The molecular weight excluding hydrogens is 516 g/mol. The van der Waals surface area contributed by atoms with Crippen LogP contribution in [0, 0.1) is 0 Å². The smallest absolute Gasteiger partial charge is 0.246 e. The van der Waals surface area contributed by atoms with Gasteiger partial charge in [-0.05, 0) is 29.3 Å². The van der Waals surface area contributed by atoms with Crippen LogP contribution in [0.1, 0.15) is 28.6 Å². The third-order valence-electron chi connectivity index (χ3n) is 7.69. The first kappa shape index (κ1) is 24.6. The predicted octanol–water partition coefficient (Wildman–Crippen LogP) is 1.38. The molecule has 40 heavy (non-hydrogen) atoms. The number of nitrogens with zero attached hydrogens (tertiary/aromatic N) is 5. The summed E-state index contributed by atoms with van der Waals surface area (Å²) in [5.74, 6) is 1.02. The Morgan fingerprint density at radius 1 is 1.10 bits per heavy atom. The lowest BCUT2D eigenvalue weighted by Crippen LogP contribution is -2.62. The van der Waals surface area contributed by atoms with Gasteiger partial charge in [0.25, 0.3) is 0 Å². The zero-order valence-corrected chi connectivity index (χ0v) is 21.7. The minimum Gasteiger partial charge on any atom is -0.454 e. The van der Waals surface area contributed by atoms with E-state index in [0.29, 0.717) is 36.8 Å². The van der Waals surface area contributed by atoms with Crippen molar-refractivity contribution in [3.05, 3.63) is 71.2 Å². The van der Waals surface area contributed by atoms with Crippen molar-refractivity contribution in [3.8, 4) is 11.5 Å². The highest BCUT2D eigenvalue weighted by Crippen LogP contribution is 2.45. The number of para-hydroxylation sites is 1. The number of amides is 2. The number of piperazine rings is 1. The Kier molecular flexibility index (Phi) is 6.13. The summed E-state index contributed by atoms with van der Waals surface area (Å²) < 4.78 is 18.1. The van der Waals surface area contributed by atoms with Gasteiger partial charge in [0.05, 0.1) is 45.1 Å². The van der Waals surface area contributed by atoms with Crippen molar-refractivity contribution in [2.24, 2.45) is 0 Å². The lowest BCUT2D eigenvalue weighted by molar-refractivity contribution is -0.159. The summed E-state index contributed by atoms with van der Waals surface area (Å²) in [4.78, 5) is 34.6. The van der Waals surface area contributed by atoms with E-state index in [0.717, 1.165) is 27.7 Å². The molecule has 2 N–H and O–H groups in total. The Morgan fingerprint density at radius 3 is 2.88 bits per heavy atom. The third-order valence-corrected chi connectivity index (χ3v) is 7.69. The lowest BCUT2D eigenvalue weighted by Gasteiger charge is -2.47. The van der Waals surface area contributed by atoms with Crippen LogP contribution >= 0.6 is 0 Å². The molecule has 2 aromatic carbocycles. The molecule has 2 amide bonds. The first-order valence-corrected chi connectivity index (χ1v) is 13.3. The van der Waals surface area contributed by atoms with Crippen LogP contribution in [0.3, 0.4) is 0 Å². The van der Waals surface area contributed by atoms with Gasteiger partial charge in [-0.1, -0.05) is 29.5 Å². The van der Waals surface area contributed by atoms with Crippen molar-refractivity contribution < 1.29 is 28.9 Å². The molecule has 2 atom stereocenters. The molecule has 7 rings (SSSR count). The summed E-state index contributed by atoms with van der Waals surface area (Å²) in [5.41, 5.74) is 4.36. The van der Waals surface area contributed by atoms with Crippen LogP contribution in [0.5, 0.6) is 11.5 Å². The minimum absolute atomic E-state index is 0.0402. The number of ether oxygens (including phenoxy) is 3. The number of rotatable bonds is 8. The first-order chi connectivity index (χ1) is 19.6. The van der Waals surface area contributed by atoms with Crippen LogP contribution in [-0.4, -0.2) is 85.9 Å². The van der Waals surface area contributed by atoms with Crippen molar-refractivity contribution in [1.82, 2.24) is 29.8 Å². The minimum atomic E-state index is -0.662. The summed E-state index contributed by atoms with van der Waals surface area (Å²) in [6.45, 7) is 1.35. The highest BCUT2D eigenvalue weighted by atomic mass is 16.7. The molecule has 12 heteroatoms. The SMILES string of the molecule is O=C1[C@H]2Cc3c([nH]c4ccccc34)[C@@H](c3ccc4c(c3)OCO4)N2C(=O)CN1Cc1cn(CCOCCO)nn1. The highest BCUT2D eigenvalue weighted by molar-refractivity contribution is 5.97. The van der Waals surface area contributed by atoms with Gasteiger partial charge < -0.3 is 34.1 Å². The molecular formula is C28H28N6O6. The Morgan fingerprint density at radius 2 is 1.98 bits per heavy atom. The zero-order valence-electron chi connectivity index (χ0n) is 21.7. The molecule has 4 aromatic rings. The van der Waals surface area contributed by atoms with E-state index >= 15 is 0 Å². The molecule has 0 radical (unpaired) electrons. The predicted molar refractivity (Wildman–Crippen MR) is 140 cm³/mol. The molecule has 0 bridgehead atoms. The molecule has 3 aliphatic rings. The molecule has 1 saturated heterocycles. The molecule has 0 saturated carbocycles. The van der Waals surface area contributed by atoms with Gasteiger partial charge in [0.2, 0.25) is 18.6 Å². The summed E-state index contributed by atoms with van der Waals surface area (Å²) in [7, 11) is 0. The average molecular weight is 545 g/mol. The lowest BCUT2D eigenvalue weighted by atomic mass is 9.86. The van der Waals surface area contributed by atoms with Gasteiger partial charge in [0, 0.05) is 23.0 Å². The Balaban J connectivity index is 1.20. The second kappa shape index (κ2) is 9.96. The highest BCUT2D eigenvalue weighted by Gasteiger charge is 2.48. The van der Waals surface area contributed by atoms with E-state index in [2.05, 4.69) is 15.3 Å². The van der Waals surface area contributed by atoms with Gasteiger partial charge in [0.1, 0.15) is 18.3 Å². The molecule has 0 unspecified atom stereocenters. The molecule has 0 aliphatic carbocycles. The maximum absolute atomic E-state index is 14.0. The van der Waals surface area contributed by atoms with Gasteiger partial charge in [-0.15, -0.1) is 5.10 Å². The number of aliphatic hydroxyl groups is 1. The van der Waals surface area contributed by atoms with Crippen LogP contribution in [0.2, 0.25) is 0 Å². The van der Waals surface area contributed by atoms with Crippen molar-refractivity contribution in [1.29, 1.82) is 0 Å². The quantitative estimate of drug-likeness (QED) is 0.318. The Hall–Kier alpha value is -4.42. The Labute approximate surface area is 229 Å². The molecule has 0 spiro atoms. The largest absolute Gasteiger partial charge is 0.454 e. The normalized spacial score (nSPS) is 19.8. The monoisotopic (exact) mass is 544 g/mol. The zero-order chi connectivity index (χ0) is 27.2. The van der Waals surface area contributed by atoms with Gasteiger partial charge in [-0.2, -0.15) is 0 Å². The topological polar surface area (TPSA) is 135 Å². The summed E-state index contributed by atoms with van der Waals surface area (Å²) >= 11 is 0. The first-order valence-electron chi connectivity index (χ1n) is 13.3. The van der Waals surface area contributed by atoms with E-state index in [4.69, 9.17) is 19.3 Å². The number of H-pyrrole nitrogens is 1. The van der Waals surface area contributed by atoms with E-state index < -0.39 is 12.1 Å². The van der Waals surface area contributed by atoms with E-state index in [1.807, 2.05) is 42.5 Å². The van der Waals surface area contributed by atoms with Gasteiger partial charge in [-0.25, -0.2) is 4.68 Å². The van der Waals surface area contributed by atoms with Crippen LogP contribution < -0.4 is 9.47 Å². The van der Waals surface area contributed by atoms with Gasteiger partial charge in [-0.3, -0.25) is 9.59 Å². The van der Waals surface area contributed by atoms with Crippen molar-refractivity contribution in [3.63, 3.8) is 0 Å². The van der Waals surface area contributed by atoms with Crippen molar-refractivity contribution >= 4 is 22.7 Å². The van der Waals surface area contributed by atoms with E-state index in [1.54, 1.807) is 20.7 Å². The van der Waals surface area contributed by atoms with Crippen LogP contribution in [0.15, 0.2) is 48.7 Å². The molecule has 1 fully saturated rings. The molecule has 3 aliphatic heterocycles. The summed E-state index contributed by atoms with van der Waals surface area (Å²) in [6, 6.07) is 12.6. The standard InChI is InChI=1S/C28H28N6O6/c35-8-10-38-9-7-33-14-18(30-31-33)13-32-15-25(36)34-22(28(32)37)12-20-19-3-1-2-4-21(19)29-26(20)27(34)17-5-6-23-24(11-17)40-16-39-23/h1-6,11,14,22,27,29,35H,7-10,12-13,15-16H2/t22-,27-/m1/s1. The molecule has 12 nitrogen and oxygen atoms in total. The number of benzene rings is 2. The van der Waals surface area contributed by atoms with E-state index in [9.17, 15) is 9.59 Å². The maximum atomic E-state index is 14.0. The number of aliphatic hydroxyl groups excluding tert-OH is 1. The molecule has 2 aromatic heterocycles. The number of carbonyl (C=O) groups excluding carboxylic acids is 2. The molecule has 5 heterocycles. The number of aromatic amines is 1. The van der Waals surface area contributed by atoms with Gasteiger partial charge >= 0.3 is 0 Å². The van der Waals surface area contributed by atoms with E-state index in [1.165, 1.54) is 0 Å². The fourth-order valence-corrected chi connectivity index (χ4v) is 5.93. The van der Waals surface area contributed by atoms with Crippen molar-refractivity contribution in [2.45, 2.75) is 31.6 Å². The maximum Gasteiger partial charge on any atom is 0.246 e. The number of fused-ring (bicyclic) bond motifs is 5. The number of carbonyl (C=O) groups is 2. The number of aromatic nitrogens is 4. The van der Waals surface area contributed by atoms with Crippen LogP contribution in [0.4, 0.5) is 0 Å².